The van der Waals surface area contributed by atoms with Crippen LogP contribution in [0.1, 0.15) is 0 Å². The molecule has 2 rings (SSSR count). The maximum Gasteiger partial charge on any atom is 0.280 e. The van der Waals surface area contributed by atoms with Gasteiger partial charge in [0.2, 0.25) is 0 Å². The van der Waals surface area contributed by atoms with Crippen LogP contribution in [0.2, 0.25) is 5.02 Å². The predicted molar refractivity (Wildman–Crippen MR) is 55.8 cm³/mol. The zero-order chi connectivity index (χ0) is 9.97. The van der Waals surface area contributed by atoms with Gasteiger partial charge in [-0.2, -0.15) is 0 Å². The number of ether oxygens (including phenoxy) is 1. The second-order valence-electron chi connectivity index (χ2n) is 2.47. The van der Waals surface area contributed by atoms with Crippen LogP contribution >= 0.6 is 22.9 Å². The molecule has 0 saturated heterocycles. The van der Waals surface area contributed by atoms with Crippen LogP contribution in [0.15, 0.2) is 24.7 Å². The summed E-state index contributed by atoms with van der Waals surface area (Å²) >= 11 is 6.99. The molecule has 0 aliphatic rings. The summed E-state index contributed by atoms with van der Waals surface area (Å²) in [4.78, 5) is 7.82. The molecule has 2 N–H and O–H groups in total. The number of rotatable bonds is 2. The smallest absolute Gasteiger partial charge is 0.280 e. The summed E-state index contributed by atoms with van der Waals surface area (Å²) in [6.07, 6.45) is 4.63. The predicted octanol–water partition coefficient (Wildman–Crippen LogP) is 2.57. The van der Waals surface area contributed by atoms with Crippen LogP contribution < -0.4 is 10.5 Å². The maximum atomic E-state index is 5.73. The number of hydrogen-bond acceptors (Lipinski definition) is 5. The van der Waals surface area contributed by atoms with Gasteiger partial charge in [0, 0.05) is 12.3 Å². The van der Waals surface area contributed by atoms with Crippen molar-refractivity contribution in [3.8, 4) is 10.9 Å². The Morgan fingerprint density at radius 1 is 1.36 bits per heavy atom. The van der Waals surface area contributed by atoms with E-state index in [0.29, 0.717) is 21.0 Å². The van der Waals surface area contributed by atoms with Gasteiger partial charge in [0.15, 0.2) is 0 Å². The van der Waals surface area contributed by atoms with Gasteiger partial charge in [-0.15, -0.1) is 0 Å². The molecule has 2 heterocycles. The zero-order valence-corrected chi connectivity index (χ0v) is 8.55. The normalized spacial score (nSPS) is 10.1. The second-order valence-corrected chi connectivity index (χ2v) is 3.93. The zero-order valence-electron chi connectivity index (χ0n) is 6.98. The molecule has 6 heteroatoms. The monoisotopic (exact) mass is 227 g/mol. The molecule has 0 unspecified atom stereocenters. The van der Waals surface area contributed by atoms with Gasteiger partial charge in [-0.25, -0.2) is 4.98 Å². The minimum Gasteiger partial charge on any atom is -0.429 e. The van der Waals surface area contributed by atoms with Crippen molar-refractivity contribution in [3.63, 3.8) is 0 Å². The highest BCUT2D eigenvalue weighted by molar-refractivity contribution is 7.17. The van der Waals surface area contributed by atoms with Crippen molar-refractivity contribution in [2.24, 2.45) is 0 Å². The topological polar surface area (TPSA) is 61.0 Å². The molecule has 2 aromatic heterocycles. The van der Waals surface area contributed by atoms with Crippen molar-refractivity contribution in [1.29, 1.82) is 0 Å². The molecule has 0 aromatic carbocycles. The molecule has 0 radical (unpaired) electrons. The lowest BCUT2D eigenvalue weighted by Crippen LogP contribution is -1.83. The number of halogens is 1. The van der Waals surface area contributed by atoms with Gasteiger partial charge in [-0.3, -0.25) is 4.98 Å². The van der Waals surface area contributed by atoms with Crippen LogP contribution in [0.4, 0.5) is 5.00 Å². The molecule has 0 atom stereocenters. The van der Waals surface area contributed by atoms with Gasteiger partial charge < -0.3 is 10.5 Å². The van der Waals surface area contributed by atoms with Gasteiger partial charge in [-0.05, 0) is 0 Å². The van der Waals surface area contributed by atoms with Gasteiger partial charge >= 0.3 is 0 Å². The Kier molecular flexibility index (Phi) is 2.51. The van der Waals surface area contributed by atoms with E-state index >= 15 is 0 Å². The summed E-state index contributed by atoms with van der Waals surface area (Å²) in [6, 6.07) is 1.66. The van der Waals surface area contributed by atoms with Crippen molar-refractivity contribution in [3.05, 3.63) is 29.7 Å². The van der Waals surface area contributed by atoms with Crippen molar-refractivity contribution < 1.29 is 4.74 Å². The second kappa shape index (κ2) is 3.81. The summed E-state index contributed by atoms with van der Waals surface area (Å²) in [5.74, 6) is 0.548. The number of aromatic nitrogens is 2. The van der Waals surface area contributed by atoms with Crippen LogP contribution in [0.3, 0.4) is 0 Å². The summed E-state index contributed by atoms with van der Waals surface area (Å²) in [7, 11) is 0. The van der Waals surface area contributed by atoms with E-state index < -0.39 is 0 Å². The highest BCUT2D eigenvalue weighted by atomic mass is 35.5. The Morgan fingerprint density at radius 2 is 2.21 bits per heavy atom. The first-order chi connectivity index (χ1) is 6.74. The van der Waals surface area contributed by atoms with Crippen molar-refractivity contribution in [1.82, 2.24) is 9.97 Å². The van der Waals surface area contributed by atoms with E-state index in [1.54, 1.807) is 12.3 Å². The molecule has 0 spiro atoms. The average molecular weight is 228 g/mol. The van der Waals surface area contributed by atoms with Gasteiger partial charge in [0.05, 0.1) is 17.4 Å². The average Bonchev–Trinajstić information content (AvgIpc) is 2.51. The van der Waals surface area contributed by atoms with Crippen LogP contribution in [0.25, 0.3) is 0 Å². The number of nitrogens with zero attached hydrogens (tertiary/aromatic N) is 2. The molecule has 4 nitrogen and oxygen atoms in total. The number of pyridine rings is 1. The third kappa shape index (κ3) is 2.12. The fourth-order valence-electron chi connectivity index (χ4n) is 0.866. The maximum absolute atomic E-state index is 5.73. The minimum absolute atomic E-state index is 0.478. The SMILES string of the molecule is Nc1cnc(Oc2cncc(Cl)c2)s1. The number of nitrogen functional groups attached to an aromatic ring is 1. The Balaban J connectivity index is 2.18. The number of nitrogens with two attached hydrogens (primary N) is 1. The molecule has 0 aliphatic heterocycles. The van der Waals surface area contributed by atoms with Crippen molar-refractivity contribution in [2.45, 2.75) is 0 Å². The largest absolute Gasteiger partial charge is 0.429 e. The molecule has 2 aromatic rings. The molecule has 0 amide bonds. The van der Waals surface area contributed by atoms with Gasteiger partial charge in [-0.1, -0.05) is 22.9 Å². The third-order valence-electron chi connectivity index (χ3n) is 1.39. The van der Waals surface area contributed by atoms with Crippen LogP contribution in [0, 0.1) is 0 Å². The summed E-state index contributed by atoms with van der Waals surface area (Å²) in [5, 5.41) is 1.61. The van der Waals surface area contributed by atoms with E-state index in [2.05, 4.69) is 9.97 Å². The number of hydrogen-bond donors (Lipinski definition) is 1. The molecule has 14 heavy (non-hydrogen) atoms. The highest BCUT2D eigenvalue weighted by Crippen LogP contribution is 2.28. The molecule has 0 saturated carbocycles. The van der Waals surface area contributed by atoms with Crippen LogP contribution in [-0.4, -0.2) is 9.97 Å². The summed E-state index contributed by atoms with van der Waals surface area (Å²) in [6.45, 7) is 0. The van der Waals surface area contributed by atoms with Gasteiger partial charge in [0.1, 0.15) is 10.8 Å². The first kappa shape index (κ1) is 9.23. The Bertz CT molecular complexity index is 446. The first-order valence-electron chi connectivity index (χ1n) is 3.74. The first-order valence-corrected chi connectivity index (χ1v) is 4.93. The number of anilines is 1. The lowest BCUT2D eigenvalue weighted by molar-refractivity contribution is 0.476. The van der Waals surface area contributed by atoms with E-state index in [4.69, 9.17) is 22.1 Å². The number of thiazole rings is 1. The van der Waals surface area contributed by atoms with E-state index in [0.717, 1.165) is 0 Å². The quantitative estimate of drug-likeness (QED) is 0.857. The molecule has 0 aliphatic carbocycles. The van der Waals surface area contributed by atoms with Crippen molar-refractivity contribution in [2.75, 3.05) is 5.73 Å². The van der Waals surface area contributed by atoms with E-state index in [-0.39, 0.29) is 0 Å². The highest BCUT2D eigenvalue weighted by Gasteiger charge is 2.02. The standard InChI is InChI=1S/C8H6ClN3OS/c9-5-1-6(3-11-2-5)13-8-12-4-7(10)14-8/h1-4H,10H2. The lowest BCUT2D eigenvalue weighted by atomic mass is 10.5. The van der Waals surface area contributed by atoms with E-state index in [1.807, 2.05) is 0 Å². The Labute approximate surface area is 89.3 Å². The molecule has 0 bridgehead atoms. The molecule has 72 valence electrons. The fraction of sp³-hybridized carbons (Fsp3) is 0. The van der Waals surface area contributed by atoms with E-state index in [1.165, 1.54) is 23.7 Å². The van der Waals surface area contributed by atoms with Crippen LogP contribution in [0.5, 0.6) is 10.9 Å². The molecule has 0 fully saturated rings. The summed E-state index contributed by atoms with van der Waals surface area (Å²) < 4.78 is 5.36. The van der Waals surface area contributed by atoms with Gasteiger partial charge in [0.25, 0.3) is 5.19 Å². The fourth-order valence-corrected chi connectivity index (χ4v) is 1.58. The Hall–Kier alpha value is -1.33. The Morgan fingerprint density at radius 3 is 2.86 bits per heavy atom. The summed E-state index contributed by atoms with van der Waals surface area (Å²) in [5.41, 5.74) is 5.50. The lowest BCUT2D eigenvalue weighted by Gasteiger charge is -1.99. The molecular weight excluding hydrogens is 222 g/mol. The minimum atomic E-state index is 0.478. The van der Waals surface area contributed by atoms with Crippen molar-refractivity contribution >= 4 is 27.9 Å². The third-order valence-corrected chi connectivity index (χ3v) is 2.30. The molecular formula is C8H6ClN3OS. The van der Waals surface area contributed by atoms with E-state index in [9.17, 15) is 0 Å². The van der Waals surface area contributed by atoms with Crippen LogP contribution in [-0.2, 0) is 0 Å².